The summed E-state index contributed by atoms with van der Waals surface area (Å²) in [6, 6.07) is 10.0. The van der Waals surface area contributed by atoms with Gasteiger partial charge in [-0.2, -0.15) is 4.31 Å². The Morgan fingerprint density at radius 3 is 2.36 bits per heavy atom. The predicted octanol–water partition coefficient (Wildman–Crippen LogP) is 1.74. The molecule has 0 aromatic heterocycles. The van der Waals surface area contributed by atoms with Gasteiger partial charge < -0.3 is 14.4 Å². The SMILES string of the molecule is O=C(c1cccc(F)c1)N1CCN(S(=O)(=O)c2ccc3c(c2)OCCO3)CC1. The number of piperazine rings is 1. The highest BCUT2D eigenvalue weighted by molar-refractivity contribution is 7.89. The van der Waals surface area contributed by atoms with Crippen molar-refractivity contribution in [2.75, 3.05) is 39.4 Å². The molecule has 1 saturated heterocycles. The van der Waals surface area contributed by atoms with Crippen LogP contribution in [0.5, 0.6) is 11.5 Å². The topological polar surface area (TPSA) is 76.2 Å². The Balaban J connectivity index is 1.46. The van der Waals surface area contributed by atoms with E-state index in [2.05, 4.69) is 0 Å². The van der Waals surface area contributed by atoms with Crippen LogP contribution in [0, 0.1) is 5.82 Å². The first-order chi connectivity index (χ1) is 13.4. The first-order valence-electron chi connectivity index (χ1n) is 8.90. The summed E-state index contributed by atoms with van der Waals surface area (Å²) in [7, 11) is -3.72. The lowest BCUT2D eigenvalue weighted by atomic mass is 10.2. The lowest BCUT2D eigenvalue weighted by Crippen LogP contribution is -2.50. The molecule has 0 aliphatic carbocycles. The standard InChI is InChI=1S/C19H19FN2O5S/c20-15-3-1-2-14(12-15)19(23)21-6-8-22(9-7-21)28(24,25)16-4-5-17-18(13-16)27-11-10-26-17/h1-5,12-13H,6-11H2. The molecule has 7 nitrogen and oxygen atoms in total. The van der Waals surface area contributed by atoms with Crippen molar-refractivity contribution in [1.82, 2.24) is 9.21 Å². The molecule has 1 amide bonds. The van der Waals surface area contributed by atoms with E-state index in [9.17, 15) is 17.6 Å². The molecule has 9 heteroatoms. The van der Waals surface area contributed by atoms with Crippen LogP contribution in [-0.2, 0) is 10.0 Å². The Morgan fingerprint density at radius 2 is 1.64 bits per heavy atom. The van der Waals surface area contributed by atoms with Gasteiger partial charge in [0.15, 0.2) is 11.5 Å². The lowest BCUT2D eigenvalue weighted by molar-refractivity contribution is 0.0697. The molecule has 0 atom stereocenters. The van der Waals surface area contributed by atoms with Crippen LogP contribution in [0.1, 0.15) is 10.4 Å². The van der Waals surface area contributed by atoms with Crippen molar-refractivity contribution < 1.29 is 27.1 Å². The summed E-state index contributed by atoms with van der Waals surface area (Å²) in [4.78, 5) is 14.2. The van der Waals surface area contributed by atoms with Crippen LogP contribution in [0.2, 0.25) is 0 Å². The van der Waals surface area contributed by atoms with Crippen molar-refractivity contribution in [2.24, 2.45) is 0 Å². The molecule has 0 N–H and O–H groups in total. The maximum absolute atomic E-state index is 13.3. The normalized spacial score (nSPS) is 17.4. The van der Waals surface area contributed by atoms with Gasteiger partial charge in [-0.05, 0) is 30.3 Å². The molecule has 4 rings (SSSR count). The molecule has 0 saturated carbocycles. The van der Waals surface area contributed by atoms with Gasteiger partial charge in [-0.1, -0.05) is 6.07 Å². The average molecular weight is 406 g/mol. The number of nitrogens with zero attached hydrogens (tertiary/aromatic N) is 2. The summed E-state index contributed by atoms with van der Waals surface area (Å²) in [5.41, 5.74) is 0.253. The van der Waals surface area contributed by atoms with E-state index < -0.39 is 15.8 Å². The Bertz CT molecular complexity index is 1000. The van der Waals surface area contributed by atoms with Crippen LogP contribution in [0.15, 0.2) is 47.4 Å². The number of benzene rings is 2. The van der Waals surface area contributed by atoms with Crippen molar-refractivity contribution in [3.05, 3.63) is 53.8 Å². The summed E-state index contributed by atoms with van der Waals surface area (Å²) >= 11 is 0. The Labute approximate surface area is 162 Å². The van der Waals surface area contributed by atoms with E-state index in [0.717, 1.165) is 0 Å². The fraction of sp³-hybridized carbons (Fsp3) is 0.316. The molecule has 2 aromatic carbocycles. The highest BCUT2D eigenvalue weighted by Crippen LogP contribution is 2.33. The first-order valence-corrected chi connectivity index (χ1v) is 10.3. The minimum Gasteiger partial charge on any atom is -0.486 e. The number of ether oxygens (including phenoxy) is 2. The number of carbonyl (C=O) groups is 1. The maximum Gasteiger partial charge on any atom is 0.254 e. The number of sulfonamides is 1. The molecule has 148 valence electrons. The zero-order valence-electron chi connectivity index (χ0n) is 15.0. The molecular formula is C19H19FN2O5S. The number of rotatable bonds is 3. The number of fused-ring (bicyclic) bond motifs is 1. The van der Waals surface area contributed by atoms with E-state index >= 15 is 0 Å². The Kier molecular flexibility index (Phi) is 4.94. The Morgan fingerprint density at radius 1 is 0.929 bits per heavy atom. The summed E-state index contributed by atoms with van der Waals surface area (Å²) in [5.74, 6) is 0.143. The monoisotopic (exact) mass is 406 g/mol. The smallest absolute Gasteiger partial charge is 0.254 e. The summed E-state index contributed by atoms with van der Waals surface area (Å²) in [6.45, 7) is 1.60. The average Bonchev–Trinajstić information content (AvgIpc) is 2.73. The van der Waals surface area contributed by atoms with E-state index in [1.165, 1.54) is 39.5 Å². The molecule has 0 spiro atoms. The highest BCUT2D eigenvalue weighted by atomic mass is 32.2. The van der Waals surface area contributed by atoms with Gasteiger partial charge in [0.1, 0.15) is 19.0 Å². The molecular weight excluding hydrogens is 387 g/mol. The number of halogens is 1. The minimum absolute atomic E-state index is 0.127. The van der Waals surface area contributed by atoms with Crippen LogP contribution >= 0.6 is 0 Å². The first kappa shape index (κ1) is 18.7. The number of hydrogen-bond donors (Lipinski definition) is 0. The third-order valence-electron chi connectivity index (χ3n) is 4.75. The van der Waals surface area contributed by atoms with Gasteiger partial charge in [0, 0.05) is 37.8 Å². The molecule has 2 aliphatic heterocycles. The van der Waals surface area contributed by atoms with Crippen LogP contribution < -0.4 is 9.47 Å². The maximum atomic E-state index is 13.3. The van der Waals surface area contributed by atoms with E-state index in [0.29, 0.717) is 24.7 Å². The van der Waals surface area contributed by atoms with Gasteiger partial charge in [-0.3, -0.25) is 4.79 Å². The van der Waals surface area contributed by atoms with Gasteiger partial charge in [0.25, 0.3) is 5.91 Å². The minimum atomic E-state index is -3.72. The number of carbonyl (C=O) groups excluding carboxylic acids is 1. The van der Waals surface area contributed by atoms with Crippen LogP contribution in [0.3, 0.4) is 0 Å². The Hall–Kier alpha value is -2.65. The van der Waals surface area contributed by atoms with Crippen molar-refractivity contribution in [1.29, 1.82) is 0 Å². The summed E-state index contributed by atoms with van der Waals surface area (Å²) in [6.07, 6.45) is 0. The van der Waals surface area contributed by atoms with E-state index in [4.69, 9.17) is 9.47 Å². The third kappa shape index (κ3) is 3.55. The molecule has 2 aromatic rings. The molecule has 2 heterocycles. The van der Waals surface area contributed by atoms with Crippen molar-refractivity contribution >= 4 is 15.9 Å². The van der Waals surface area contributed by atoms with Crippen LogP contribution in [-0.4, -0.2) is 62.9 Å². The van der Waals surface area contributed by atoms with E-state index in [1.807, 2.05) is 0 Å². The second kappa shape index (κ2) is 7.40. The molecule has 0 radical (unpaired) electrons. The summed E-state index contributed by atoms with van der Waals surface area (Å²) in [5, 5.41) is 0. The molecule has 0 unspecified atom stereocenters. The zero-order chi connectivity index (χ0) is 19.7. The largest absolute Gasteiger partial charge is 0.486 e. The molecule has 2 aliphatic rings. The van der Waals surface area contributed by atoms with Crippen LogP contribution in [0.25, 0.3) is 0 Å². The third-order valence-corrected chi connectivity index (χ3v) is 6.64. The molecule has 1 fully saturated rings. The van der Waals surface area contributed by atoms with Gasteiger partial charge in [-0.15, -0.1) is 0 Å². The fourth-order valence-corrected chi connectivity index (χ4v) is 4.71. The number of amides is 1. The fourth-order valence-electron chi connectivity index (χ4n) is 3.27. The molecule has 0 bridgehead atoms. The van der Waals surface area contributed by atoms with Crippen molar-refractivity contribution in [3.8, 4) is 11.5 Å². The van der Waals surface area contributed by atoms with E-state index in [1.54, 1.807) is 12.1 Å². The summed E-state index contributed by atoms with van der Waals surface area (Å²) < 4.78 is 51.5. The van der Waals surface area contributed by atoms with Gasteiger partial charge in [0.2, 0.25) is 10.0 Å². The highest BCUT2D eigenvalue weighted by Gasteiger charge is 2.31. The predicted molar refractivity (Wildman–Crippen MR) is 98.5 cm³/mol. The van der Waals surface area contributed by atoms with Crippen LogP contribution in [0.4, 0.5) is 4.39 Å². The second-order valence-electron chi connectivity index (χ2n) is 6.51. The zero-order valence-corrected chi connectivity index (χ0v) is 15.8. The number of hydrogen-bond acceptors (Lipinski definition) is 5. The quantitative estimate of drug-likeness (QED) is 0.776. The van der Waals surface area contributed by atoms with E-state index in [-0.39, 0.29) is 42.5 Å². The van der Waals surface area contributed by atoms with Gasteiger partial charge in [0.05, 0.1) is 4.90 Å². The lowest BCUT2D eigenvalue weighted by Gasteiger charge is -2.34. The van der Waals surface area contributed by atoms with Crippen molar-refractivity contribution in [2.45, 2.75) is 4.90 Å². The molecule has 28 heavy (non-hydrogen) atoms. The second-order valence-corrected chi connectivity index (χ2v) is 8.45. The van der Waals surface area contributed by atoms with Crippen molar-refractivity contribution in [3.63, 3.8) is 0 Å². The van der Waals surface area contributed by atoms with Gasteiger partial charge in [-0.25, -0.2) is 12.8 Å². The van der Waals surface area contributed by atoms with Gasteiger partial charge >= 0.3 is 0 Å².